The molecule has 1 saturated carbocycles. The molecule has 0 bridgehead atoms. The van der Waals surface area contributed by atoms with Crippen LogP contribution in [-0.2, 0) is 12.8 Å². The van der Waals surface area contributed by atoms with E-state index < -0.39 is 23.5 Å². The zero-order valence-corrected chi connectivity index (χ0v) is 19.8. The molecule has 1 heterocycles. The van der Waals surface area contributed by atoms with Gasteiger partial charge in [0.25, 0.3) is 11.8 Å². The summed E-state index contributed by atoms with van der Waals surface area (Å²) in [6.45, 7) is 0.0373. The van der Waals surface area contributed by atoms with Crippen LogP contribution in [-0.4, -0.2) is 28.9 Å². The van der Waals surface area contributed by atoms with Crippen molar-refractivity contribution in [3.63, 3.8) is 0 Å². The zero-order valence-electron chi connectivity index (χ0n) is 19.0. The van der Waals surface area contributed by atoms with Gasteiger partial charge in [-0.25, -0.2) is 9.37 Å². The number of hydrogen-bond acceptors (Lipinski definition) is 5. The number of hydrogen-bond donors (Lipinski definition) is 2. The van der Waals surface area contributed by atoms with Gasteiger partial charge in [0.15, 0.2) is 11.6 Å². The maximum absolute atomic E-state index is 13.7. The highest BCUT2D eigenvalue weighted by molar-refractivity contribution is 7.09. The first-order valence-corrected chi connectivity index (χ1v) is 12.2. The second-order valence-corrected chi connectivity index (χ2v) is 9.36. The standard InChI is InChI=1S/C25H23F4N3O3S/c26-19-6-1-2-7-21(19)35-13-22-32-20(14-36-22)24(34)31-18-10-8-17(9-11-18)30-23(33)15-4-3-5-16(12-15)25(27,28)29/h1-7,12,14,17-18H,8-11,13H2,(H,30,33)(H,31,34). The quantitative estimate of drug-likeness (QED) is 0.411. The maximum atomic E-state index is 13.7. The van der Waals surface area contributed by atoms with Crippen molar-refractivity contribution in [2.24, 2.45) is 0 Å². The molecule has 1 fully saturated rings. The van der Waals surface area contributed by atoms with Crippen molar-refractivity contribution in [2.45, 2.75) is 50.6 Å². The summed E-state index contributed by atoms with van der Waals surface area (Å²) in [6, 6.07) is 10.0. The summed E-state index contributed by atoms with van der Waals surface area (Å²) in [5, 5.41) is 7.85. The number of aromatic nitrogens is 1. The van der Waals surface area contributed by atoms with Crippen LogP contribution in [0.25, 0.3) is 0 Å². The summed E-state index contributed by atoms with van der Waals surface area (Å²) < 4.78 is 57.8. The fourth-order valence-corrected chi connectivity index (χ4v) is 4.62. The third-order valence-corrected chi connectivity index (χ3v) is 6.64. The molecule has 11 heteroatoms. The average Bonchev–Trinajstić information content (AvgIpc) is 3.34. The first-order chi connectivity index (χ1) is 17.2. The van der Waals surface area contributed by atoms with Gasteiger partial charge in [-0.15, -0.1) is 11.3 Å². The number of para-hydroxylation sites is 1. The number of nitrogens with zero attached hydrogens (tertiary/aromatic N) is 1. The maximum Gasteiger partial charge on any atom is 0.416 e. The summed E-state index contributed by atoms with van der Waals surface area (Å²) in [6.07, 6.45) is -2.15. The van der Waals surface area contributed by atoms with Crippen LogP contribution in [0.5, 0.6) is 5.75 Å². The van der Waals surface area contributed by atoms with Gasteiger partial charge >= 0.3 is 6.18 Å². The number of alkyl halides is 3. The van der Waals surface area contributed by atoms with Gasteiger partial charge in [0.05, 0.1) is 5.56 Å². The predicted octanol–water partition coefficient (Wildman–Crippen LogP) is 5.35. The molecule has 2 amide bonds. The van der Waals surface area contributed by atoms with E-state index in [1.165, 1.54) is 35.6 Å². The Bertz CT molecular complexity index is 1220. The van der Waals surface area contributed by atoms with Crippen LogP contribution in [0.4, 0.5) is 17.6 Å². The van der Waals surface area contributed by atoms with Crippen molar-refractivity contribution in [3.8, 4) is 5.75 Å². The van der Waals surface area contributed by atoms with Gasteiger partial charge in [0.1, 0.15) is 17.3 Å². The molecule has 36 heavy (non-hydrogen) atoms. The van der Waals surface area contributed by atoms with E-state index in [-0.39, 0.29) is 41.6 Å². The number of halogens is 4. The average molecular weight is 522 g/mol. The summed E-state index contributed by atoms with van der Waals surface area (Å²) >= 11 is 1.24. The third kappa shape index (κ3) is 6.60. The molecule has 0 saturated heterocycles. The number of carbonyl (C=O) groups excluding carboxylic acids is 2. The predicted molar refractivity (Wildman–Crippen MR) is 125 cm³/mol. The lowest BCUT2D eigenvalue weighted by molar-refractivity contribution is -0.137. The fraction of sp³-hybridized carbons (Fsp3) is 0.320. The minimum absolute atomic E-state index is 0.0373. The van der Waals surface area contributed by atoms with Crippen molar-refractivity contribution < 1.29 is 31.9 Å². The van der Waals surface area contributed by atoms with Crippen LogP contribution < -0.4 is 15.4 Å². The lowest BCUT2D eigenvalue weighted by Crippen LogP contribution is -2.43. The molecule has 3 aromatic rings. The molecule has 0 radical (unpaired) electrons. The fourth-order valence-electron chi connectivity index (χ4n) is 3.93. The smallest absolute Gasteiger partial charge is 0.416 e. The Morgan fingerprint density at radius 2 is 1.64 bits per heavy atom. The van der Waals surface area contributed by atoms with E-state index in [1.54, 1.807) is 17.5 Å². The number of carbonyl (C=O) groups is 2. The Hall–Kier alpha value is -3.47. The molecule has 190 valence electrons. The van der Waals surface area contributed by atoms with Gasteiger partial charge in [-0.05, 0) is 56.0 Å². The lowest BCUT2D eigenvalue weighted by atomic mass is 9.91. The lowest BCUT2D eigenvalue weighted by Gasteiger charge is -2.29. The summed E-state index contributed by atoms with van der Waals surface area (Å²) in [5.74, 6) is -1.26. The van der Waals surface area contributed by atoms with E-state index in [4.69, 9.17) is 4.74 Å². The van der Waals surface area contributed by atoms with Crippen molar-refractivity contribution in [1.82, 2.24) is 15.6 Å². The van der Waals surface area contributed by atoms with Crippen molar-refractivity contribution in [2.75, 3.05) is 0 Å². The Morgan fingerprint density at radius 3 is 2.31 bits per heavy atom. The van der Waals surface area contributed by atoms with Crippen LogP contribution in [0.2, 0.25) is 0 Å². The van der Waals surface area contributed by atoms with Crippen LogP contribution in [0.1, 0.15) is 57.1 Å². The van der Waals surface area contributed by atoms with Crippen LogP contribution in [0.15, 0.2) is 53.9 Å². The number of ether oxygens (including phenoxy) is 1. The molecule has 1 aliphatic rings. The monoisotopic (exact) mass is 521 g/mol. The first kappa shape index (κ1) is 25.6. The molecule has 6 nitrogen and oxygen atoms in total. The van der Waals surface area contributed by atoms with Crippen molar-refractivity contribution in [3.05, 3.63) is 81.6 Å². The molecule has 2 aromatic carbocycles. The highest BCUT2D eigenvalue weighted by Crippen LogP contribution is 2.29. The van der Waals surface area contributed by atoms with E-state index in [9.17, 15) is 27.2 Å². The van der Waals surface area contributed by atoms with E-state index in [0.717, 1.165) is 12.1 Å². The highest BCUT2D eigenvalue weighted by Gasteiger charge is 2.31. The first-order valence-electron chi connectivity index (χ1n) is 11.3. The second kappa shape index (κ2) is 11.1. The molecule has 0 aliphatic heterocycles. The van der Waals surface area contributed by atoms with Crippen molar-refractivity contribution >= 4 is 23.2 Å². The molecule has 1 aromatic heterocycles. The minimum atomic E-state index is -4.52. The Kier molecular flexibility index (Phi) is 7.88. The topological polar surface area (TPSA) is 80.3 Å². The van der Waals surface area contributed by atoms with E-state index in [0.29, 0.717) is 30.7 Å². The zero-order chi connectivity index (χ0) is 25.7. The number of thiazole rings is 1. The van der Waals surface area contributed by atoms with Gasteiger partial charge in [0, 0.05) is 23.0 Å². The Morgan fingerprint density at radius 1 is 0.972 bits per heavy atom. The van der Waals surface area contributed by atoms with Gasteiger partial charge < -0.3 is 15.4 Å². The number of nitrogens with one attached hydrogen (secondary N) is 2. The molecule has 1 aliphatic carbocycles. The molecule has 0 unspecified atom stereocenters. The largest absolute Gasteiger partial charge is 0.483 e. The minimum Gasteiger partial charge on any atom is -0.483 e. The van der Waals surface area contributed by atoms with E-state index in [1.807, 2.05) is 0 Å². The van der Waals surface area contributed by atoms with Gasteiger partial charge in [0.2, 0.25) is 0 Å². The Balaban J connectivity index is 1.23. The van der Waals surface area contributed by atoms with E-state index >= 15 is 0 Å². The Labute approximate surface area is 208 Å². The normalized spacial score (nSPS) is 17.9. The summed E-state index contributed by atoms with van der Waals surface area (Å²) in [7, 11) is 0. The molecular formula is C25H23F4N3O3S. The van der Waals surface area contributed by atoms with Crippen LogP contribution in [0, 0.1) is 5.82 Å². The summed E-state index contributed by atoms with van der Waals surface area (Å²) in [4.78, 5) is 29.3. The molecule has 2 N–H and O–H groups in total. The SMILES string of the molecule is O=C(NC1CCC(NC(=O)c2csc(COc3ccccc3F)n2)CC1)c1cccc(C(F)(F)F)c1. The van der Waals surface area contributed by atoms with E-state index in [2.05, 4.69) is 15.6 Å². The molecule has 0 atom stereocenters. The van der Waals surface area contributed by atoms with Crippen LogP contribution >= 0.6 is 11.3 Å². The third-order valence-electron chi connectivity index (χ3n) is 5.82. The van der Waals surface area contributed by atoms with Gasteiger partial charge in [-0.3, -0.25) is 9.59 Å². The van der Waals surface area contributed by atoms with Crippen molar-refractivity contribution in [1.29, 1.82) is 0 Å². The number of amides is 2. The highest BCUT2D eigenvalue weighted by atomic mass is 32.1. The van der Waals surface area contributed by atoms with Gasteiger partial charge in [-0.2, -0.15) is 13.2 Å². The van der Waals surface area contributed by atoms with Gasteiger partial charge in [-0.1, -0.05) is 18.2 Å². The number of benzene rings is 2. The second-order valence-electron chi connectivity index (χ2n) is 8.42. The molecular weight excluding hydrogens is 498 g/mol. The molecule has 4 rings (SSSR count). The van der Waals surface area contributed by atoms with Crippen LogP contribution in [0.3, 0.4) is 0 Å². The molecule has 0 spiro atoms. The number of rotatable bonds is 7. The summed E-state index contributed by atoms with van der Waals surface area (Å²) in [5.41, 5.74) is -0.670.